The SMILES string of the molecule is CCC(C)N1C(=O)C(=Cc2c(N3CCN(c4ccc(F)cc4)CC3)nc3ccc(C)cn3c2=O)SC1=S. The van der Waals surface area contributed by atoms with E-state index in [-0.39, 0.29) is 23.3 Å². The zero-order chi connectivity index (χ0) is 26.3. The number of carbonyl (C=O) groups is 1. The number of nitrogens with zero attached hydrogens (tertiary/aromatic N) is 5. The number of fused-ring (bicyclic) bond motifs is 1. The molecule has 4 heterocycles. The van der Waals surface area contributed by atoms with Gasteiger partial charge < -0.3 is 9.80 Å². The van der Waals surface area contributed by atoms with Crippen LogP contribution >= 0.6 is 24.0 Å². The molecule has 2 fully saturated rings. The molecule has 7 nitrogen and oxygen atoms in total. The molecule has 37 heavy (non-hydrogen) atoms. The molecular weight excluding hydrogens is 509 g/mol. The smallest absolute Gasteiger partial charge is 0.267 e. The van der Waals surface area contributed by atoms with Gasteiger partial charge in [0.15, 0.2) is 0 Å². The summed E-state index contributed by atoms with van der Waals surface area (Å²) >= 11 is 6.72. The molecule has 0 bridgehead atoms. The number of benzene rings is 1. The molecule has 0 spiro atoms. The number of amides is 1. The monoisotopic (exact) mass is 537 g/mol. The minimum atomic E-state index is -0.262. The van der Waals surface area contributed by atoms with E-state index in [1.54, 1.807) is 29.3 Å². The van der Waals surface area contributed by atoms with Gasteiger partial charge in [0, 0.05) is 44.1 Å². The fraction of sp³-hybridized carbons (Fsp3) is 0.333. The molecule has 2 aliphatic heterocycles. The molecular formula is C27H28FN5O2S2. The molecule has 1 atom stereocenters. The Balaban J connectivity index is 1.53. The fourth-order valence-electron chi connectivity index (χ4n) is 4.62. The van der Waals surface area contributed by atoms with Crippen LogP contribution in [-0.4, -0.2) is 56.7 Å². The van der Waals surface area contributed by atoms with Crippen molar-refractivity contribution in [2.45, 2.75) is 33.2 Å². The fourth-order valence-corrected chi connectivity index (χ4v) is 6.06. The van der Waals surface area contributed by atoms with Gasteiger partial charge in [0.2, 0.25) is 0 Å². The van der Waals surface area contributed by atoms with E-state index in [0.717, 1.165) is 17.7 Å². The molecule has 2 aromatic heterocycles. The summed E-state index contributed by atoms with van der Waals surface area (Å²) in [5, 5.41) is 0. The van der Waals surface area contributed by atoms with E-state index in [4.69, 9.17) is 17.2 Å². The molecule has 2 saturated heterocycles. The average Bonchev–Trinajstić information content (AvgIpc) is 3.18. The number of aryl methyl sites for hydroxylation is 1. The first kappa shape index (κ1) is 25.4. The Morgan fingerprint density at radius 3 is 2.43 bits per heavy atom. The summed E-state index contributed by atoms with van der Waals surface area (Å²) in [4.78, 5) is 38.2. The number of hydrogen-bond donors (Lipinski definition) is 0. The van der Waals surface area contributed by atoms with Crippen LogP contribution in [0.4, 0.5) is 15.9 Å². The first-order valence-electron chi connectivity index (χ1n) is 12.3. The van der Waals surface area contributed by atoms with Crippen LogP contribution in [0.1, 0.15) is 31.4 Å². The van der Waals surface area contributed by atoms with E-state index in [0.29, 0.717) is 52.4 Å². The molecule has 192 valence electrons. The number of pyridine rings is 1. The van der Waals surface area contributed by atoms with E-state index in [2.05, 4.69) is 9.80 Å². The Hall–Kier alpha value is -3.24. The van der Waals surface area contributed by atoms with Crippen LogP contribution in [-0.2, 0) is 4.79 Å². The molecule has 3 aromatic rings. The van der Waals surface area contributed by atoms with Crippen molar-refractivity contribution in [3.63, 3.8) is 0 Å². The lowest BCUT2D eigenvalue weighted by Crippen LogP contribution is -2.47. The lowest BCUT2D eigenvalue weighted by atomic mass is 10.2. The third-order valence-electron chi connectivity index (χ3n) is 6.89. The minimum absolute atomic E-state index is 0.0177. The summed E-state index contributed by atoms with van der Waals surface area (Å²) < 4.78 is 15.4. The number of anilines is 2. The number of halogens is 1. The van der Waals surface area contributed by atoms with Gasteiger partial charge in [0.05, 0.1) is 10.5 Å². The molecule has 0 aliphatic carbocycles. The second-order valence-electron chi connectivity index (χ2n) is 9.35. The predicted molar refractivity (Wildman–Crippen MR) is 152 cm³/mol. The summed E-state index contributed by atoms with van der Waals surface area (Å²) in [5.74, 6) is 0.119. The van der Waals surface area contributed by atoms with E-state index < -0.39 is 0 Å². The van der Waals surface area contributed by atoms with Gasteiger partial charge in [-0.05, 0) is 62.2 Å². The van der Waals surface area contributed by atoms with E-state index >= 15 is 0 Å². The van der Waals surface area contributed by atoms with Crippen LogP contribution in [0.2, 0.25) is 0 Å². The van der Waals surface area contributed by atoms with Gasteiger partial charge in [-0.1, -0.05) is 37.0 Å². The van der Waals surface area contributed by atoms with Crippen molar-refractivity contribution in [1.29, 1.82) is 0 Å². The van der Waals surface area contributed by atoms with Crippen molar-refractivity contribution in [1.82, 2.24) is 14.3 Å². The topological polar surface area (TPSA) is 61.2 Å². The van der Waals surface area contributed by atoms with Gasteiger partial charge in [-0.2, -0.15) is 0 Å². The van der Waals surface area contributed by atoms with Crippen LogP contribution in [0.5, 0.6) is 0 Å². The minimum Gasteiger partial charge on any atom is -0.368 e. The average molecular weight is 538 g/mol. The maximum atomic E-state index is 13.7. The first-order chi connectivity index (χ1) is 17.8. The second kappa shape index (κ2) is 10.3. The highest BCUT2D eigenvalue weighted by molar-refractivity contribution is 8.26. The summed E-state index contributed by atoms with van der Waals surface area (Å²) in [7, 11) is 0. The Labute approximate surface area is 224 Å². The Morgan fingerprint density at radius 1 is 1.08 bits per heavy atom. The van der Waals surface area contributed by atoms with Crippen LogP contribution in [0.15, 0.2) is 52.3 Å². The lowest BCUT2D eigenvalue weighted by Gasteiger charge is -2.37. The zero-order valence-corrected chi connectivity index (χ0v) is 22.6. The Kier molecular flexibility index (Phi) is 7.04. The van der Waals surface area contributed by atoms with Gasteiger partial charge in [-0.15, -0.1) is 0 Å². The van der Waals surface area contributed by atoms with Gasteiger partial charge in [-0.3, -0.25) is 18.9 Å². The Bertz CT molecular complexity index is 1460. The third kappa shape index (κ3) is 4.87. The van der Waals surface area contributed by atoms with Gasteiger partial charge in [-0.25, -0.2) is 9.37 Å². The normalized spacial score (nSPS) is 18.4. The van der Waals surface area contributed by atoms with E-state index in [1.807, 2.05) is 32.9 Å². The number of carbonyl (C=O) groups excluding carboxylic acids is 1. The number of rotatable bonds is 5. The summed E-state index contributed by atoms with van der Waals surface area (Å²) in [6.07, 6.45) is 4.21. The van der Waals surface area contributed by atoms with Crippen molar-refractivity contribution in [3.8, 4) is 0 Å². The number of aromatic nitrogens is 2. The molecule has 10 heteroatoms. The van der Waals surface area contributed by atoms with Gasteiger partial charge in [0.1, 0.15) is 21.6 Å². The lowest BCUT2D eigenvalue weighted by molar-refractivity contribution is -0.123. The van der Waals surface area contributed by atoms with E-state index in [1.165, 1.54) is 28.3 Å². The second-order valence-corrected chi connectivity index (χ2v) is 11.0. The highest BCUT2D eigenvalue weighted by Gasteiger charge is 2.35. The molecule has 1 unspecified atom stereocenters. The summed E-state index contributed by atoms with van der Waals surface area (Å²) in [6, 6.07) is 10.2. The van der Waals surface area contributed by atoms with Crippen molar-refractivity contribution in [2.75, 3.05) is 36.0 Å². The van der Waals surface area contributed by atoms with E-state index in [9.17, 15) is 14.0 Å². The van der Waals surface area contributed by atoms with Crippen molar-refractivity contribution >= 4 is 57.4 Å². The molecule has 5 rings (SSSR count). The molecule has 2 aliphatic rings. The van der Waals surface area contributed by atoms with Crippen molar-refractivity contribution in [3.05, 3.63) is 74.8 Å². The molecule has 0 radical (unpaired) electrons. The van der Waals surface area contributed by atoms with Crippen LogP contribution < -0.4 is 15.4 Å². The molecule has 1 amide bonds. The number of piperazine rings is 1. The van der Waals surface area contributed by atoms with Crippen molar-refractivity contribution < 1.29 is 9.18 Å². The zero-order valence-electron chi connectivity index (χ0n) is 21.0. The van der Waals surface area contributed by atoms with Crippen molar-refractivity contribution in [2.24, 2.45) is 0 Å². The molecule has 0 N–H and O–H groups in total. The highest BCUT2D eigenvalue weighted by Crippen LogP contribution is 2.35. The largest absolute Gasteiger partial charge is 0.368 e. The third-order valence-corrected chi connectivity index (χ3v) is 8.22. The maximum absolute atomic E-state index is 13.7. The standard InChI is InChI=1S/C27H28FN5O2S2/c1-4-18(3)33-26(35)22(37-27(33)36)15-21-24(29-23-10-5-17(2)16-32(23)25(21)34)31-13-11-30(12-14-31)20-8-6-19(28)7-9-20/h5-10,15-16,18H,4,11-14H2,1-3H3. The number of thiocarbonyl (C=S) groups is 1. The number of thioether (sulfide) groups is 1. The van der Waals surface area contributed by atoms with Gasteiger partial charge >= 0.3 is 0 Å². The highest BCUT2D eigenvalue weighted by atomic mass is 32.2. The predicted octanol–water partition coefficient (Wildman–Crippen LogP) is 4.47. The summed E-state index contributed by atoms with van der Waals surface area (Å²) in [6.45, 7) is 8.53. The molecule has 1 aromatic carbocycles. The van der Waals surface area contributed by atoms with Crippen LogP contribution in [0.3, 0.4) is 0 Å². The first-order valence-corrected chi connectivity index (χ1v) is 13.5. The molecule has 0 saturated carbocycles. The number of hydrogen-bond acceptors (Lipinski definition) is 7. The maximum Gasteiger partial charge on any atom is 0.267 e. The summed E-state index contributed by atoms with van der Waals surface area (Å²) in [5.41, 5.74) is 2.60. The van der Waals surface area contributed by atoms with Gasteiger partial charge in [0.25, 0.3) is 11.5 Å². The van der Waals surface area contributed by atoms with Crippen LogP contribution in [0.25, 0.3) is 11.7 Å². The quantitative estimate of drug-likeness (QED) is 0.352. The van der Waals surface area contributed by atoms with Crippen LogP contribution in [0, 0.1) is 12.7 Å². The Morgan fingerprint density at radius 2 is 1.76 bits per heavy atom.